The second kappa shape index (κ2) is 2.92. The summed E-state index contributed by atoms with van der Waals surface area (Å²) in [5.41, 5.74) is 8.64. The van der Waals surface area contributed by atoms with E-state index < -0.39 is 5.82 Å². The first kappa shape index (κ1) is 9.09. The molecule has 0 bridgehead atoms. The molecule has 78 valence electrons. The van der Waals surface area contributed by atoms with E-state index in [1.165, 1.54) is 12.1 Å². The normalized spacial score (nSPS) is 12.4. The molecule has 0 saturated carbocycles. The highest BCUT2D eigenvalue weighted by molar-refractivity contribution is 6.24. The number of ketones is 1. The smallest absolute Gasteiger partial charge is 0.196 e. The maximum atomic E-state index is 13.1. The van der Waals surface area contributed by atoms with Gasteiger partial charge in [0.25, 0.3) is 0 Å². The molecular formula is C13H8FNO. The molecule has 1 aliphatic carbocycles. The number of nitrogen functional groups attached to an aromatic ring is 1. The van der Waals surface area contributed by atoms with Crippen LogP contribution in [0.5, 0.6) is 0 Å². The lowest BCUT2D eigenvalue weighted by Crippen LogP contribution is -2.00. The Labute approximate surface area is 91.5 Å². The number of carbonyl (C=O) groups is 1. The van der Waals surface area contributed by atoms with Crippen molar-refractivity contribution in [3.63, 3.8) is 0 Å². The van der Waals surface area contributed by atoms with E-state index >= 15 is 0 Å². The summed E-state index contributed by atoms with van der Waals surface area (Å²) in [6.07, 6.45) is 0. The fourth-order valence-electron chi connectivity index (χ4n) is 2.12. The number of nitrogens with two attached hydrogens (primary N) is 1. The van der Waals surface area contributed by atoms with Crippen LogP contribution in [0.25, 0.3) is 11.1 Å². The van der Waals surface area contributed by atoms with Gasteiger partial charge >= 0.3 is 0 Å². The molecule has 2 N–H and O–H groups in total. The third kappa shape index (κ3) is 1.03. The van der Waals surface area contributed by atoms with E-state index in [1.807, 2.05) is 6.07 Å². The van der Waals surface area contributed by atoms with Gasteiger partial charge in [-0.1, -0.05) is 18.2 Å². The van der Waals surface area contributed by atoms with Crippen LogP contribution in [0.15, 0.2) is 36.4 Å². The first-order valence-corrected chi connectivity index (χ1v) is 4.91. The maximum absolute atomic E-state index is 13.1. The molecule has 2 nitrogen and oxygen atoms in total. The van der Waals surface area contributed by atoms with Crippen molar-refractivity contribution in [2.45, 2.75) is 0 Å². The summed E-state index contributed by atoms with van der Waals surface area (Å²) in [6.45, 7) is 0. The monoisotopic (exact) mass is 213 g/mol. The van der Waals surface area contributed by atoms with Crippen molar-refractivity contribution in [1.82, 2.24) is 0 Å². The Morgan fingerprint density at radius 2 is 1.81 bits per heavy atom. The van der Waals surface area contributed by atoms with Crippen molar-refractivity contribution >= 4 is 11.5 Å². The van der Waals surface area contributed by atoms with Crippen LogP contribution in [0.4, 0.5) is 10.1 Å². The molecule has 0 spiro atoms. The second-order valence-corrected chi connectivity index (χ2v) is 3.79. The predicted molar refractivity (Wildman–Crippen MR) is 59.7 cm³/mol. The molecule has 0 aliphatic heterocycles. The molecule has 0 unspecified atom stereocenters. The summed E-state index contributed by atoms with van der Waals surface area (Å²) in [4.78, 5) is 12.0. The zero-order chi connectivity index (χ0) is 11.3. The summed E-state index contributed by atoms with van der Waals surface area (Å²) in [5.74, 6) is -0.596. The molecule has 2 aromatic carbocycles. The van der Waals surface area contributed by atoms with E-state index in [1.54, 1.807) is 18.2 Å². The number of hydrogen-bond donors (Lipinski definition) is 1. The van der Waals surface area contributed by atoms with E-state index in [-0.39, 0.29) is 5.78 Å². The molecule has 0 amide bonds. The number of carbonyl (C=O) groups excluding carboxylic acids is 1. The van der Waals surface area contributed by atoms with Gasteiger partial charge in [-0.3, -0.25) is 4.79 Å². The molecule has 0 fully saturated rings. The first-order valence-electron chi connectivity index (χ1n) is 4.91. The average molecular weight is 213 g/mol. The standard InChI is InChI=1S/C13H8FNO/c14-7-4-5-8-9-2-1-3-11(15)12(9)13(16)10(8)6-7/h1-6H,15H2. The van der Waals surface area contributed by atoms with Gasteiger partial charge in [-0.25, -0.2) is 4.39 Å². The second-order valence-electron chi connectivity index (χ2n) is 3.79. The Morgan fingerprint density at radius 3 is 2.62 bits per heavy atom. The van der Waals surface area contributed by atoms with Gasteiger partial charge in [-0.15, -0.1) is 0 Å². The lowest BCUT2D eigenvalue weighted by atomic mass is 10.1. The van der Waals surface area contributed by atoms with E-state index in [0.29, 0.717) is 16.8 Å². The Morgan fingerprint density at radius 1 is 1.00 bits per heavy atom. The minimum Gasteiger partial charge on any atom is -0.398 e. The molecule has 16 heavy (non-hydrogen) atoms. The summed E-state index contributed by atoms with van der Waals surface area (Å²) < 4.78 is 13.1. The van der Waals surface area contributed by atoms with Crippen LogP contribution in [-0.2, 0) is 0 Å². The molecule has 1 aliphatic rings. The van der Waals surface area contributed by atoms with Crippen LogP contribution in [0, 0.1) is 5.82 Å². The number of benzene rings is 2. The van der Waals surface area contributed by atoms with Crippen molar-refractivity contribution in [3.05, 3.63) is 53.3 Å². The highest BCUT2D eigenvalue weighted by Gasteiger charge is 2.28. The molecular weight excluding hydrogens is 205 g/mol. The SMILES string of the molecule is Nc1cccc2c1C(=O)c1cc(F)ccc1-2. The molecule has 3 rings (SSSR count). The fraction of sp³-hybridized carbons (Fsp3) is 0. The zero-order valence-electron chi connectivity index (χ0n) is 8.33. The Kier molecular flexibility index (Phi) is 1.66. The largest absolute Gasteiger partial charge is 0.398 e. The molecule has 2 aromatic rings. The van der Waals surface area contributed by atoms with E-state index in [0.717, 1.165) is 11.1 Å². The fourth-order valence-corrected chi connectivity index (χ4v) is 2.12. The molecule has 0 heterocycles. The number of rotatable bonds is 0. The van der Waals surface area contributed by atoms with Gasteiger partial charge < -0.3 is 5.73 Å². The van der Waals surface area contributed by atoms with E-state index in [4.69, 9.17) is 5.73 Å². The minimum atomic E-state index is -0.404. The summed E-state index contributed by atoms with van der Waals surface area (Å²) in [6, 6.07) is 9.53. The highest BCUT2D eigenvalue weighted by Crippen LogP contribution is 2.39. The quantitative estimate of drug-likeness (QED) is 0.583. The van der Waals surface area contributed by atoms with Gasteiger partial charge in [0.2, 0.25) is 0 Å². The lowest BCUT2D eigenvalue weighted by molar-refractivity contribution is 0.104. The van der Waals surface area contributed by atoms with Crippen molar-refractivity contribution in [2.75, 3.05) is 5.73 Å². The third-order valence-corrected chi connectivity index (χ3v) is 2.84. The number of halogens is 1. The third-order valence-electron chi connectivity index (χ3n) is 2.84. The van der Waals surface area contributed by atoms with Gasteiger partial charge in [-0.05, 0) is 29.3 Å². The van der Waals surface area contributed by atoms with Gasteiger partial charge in [0.05, 0.1) is 5.56 Å². The van der Waals surface area contributed by atoms with E-state index in [2.05, 4.69) is 0 Å². The first-order chi connectivity index (χ1) is 7.68. The molecule has 0 saturated heterocycles. The van der Waals surface area contributed by atoms with Crippen molar-refractivity contribution in [2.24, 2.45) is 0 Å². The summed E-state index contributed by atoms with van der Waals surface area (Å²) in [5, 5.41) is 0. The Balaban J connectivity index is 2.39. The van der Waals surface area contributed by atoms with Crippen LogP contribution in [0.1, 0.15) is 15.9 Å². The van der Waals surface area contributed by atoms with Gasteiger partial charge in [0.1, 0.15) is 5.82 Å². The number of anilines is 1. The van der Waals surface area contributed by atoms with Gasteiger partial charge in [-0.2, -0.15) is 0 Å². The molecule has 0 atom stereocenters. The number of hydrogen-bond acceptors (Lipinski definition) is 2. The Hall–Kier alpha value is -2.16. The number of fused-ring (bicyclic) bond motifs is 3. The topological polar surface area (TPSA) is 43.1 Å². The highest BCUT2D eigenvalue weighted by atomic mass is 19.1. The van der Waals surface area contributed by atoms with Crippen LogP contribution in [0.3, 0.4) is 0 Å². The van der Waals surface area contributed by atoms with Gasteiger partial charge in [0.15, 0.2) is 5.78 Å². The summed E-state index contributed by atoms with van der Waals surface area (Å²) >= 11 is 0. The zero-order valence-corrected chi connectivity index (χ0v) is 8.33. The minimum absolute atomic E-state index is 0.192. The van der Waals surface area contributed by atoms with Crippen LogP contribution in [0.2, 0.25) is 0 Å². The summed E-state index contributed by atoms with van der Waals surface area (Å²) in [7, 11) is 0. The van der Waals surface area contributed by atoms with Crippen molar-refractivity contribution in [3.8, 4) is 11.1 Å². The van der Waals surface area contributed by atoms with Crippen molar-refractivity contribution in [1.29, 1.82) is 0 Å². The van der Waals surface area contributed by atoms with Crippen LogP contribution in [-0.4, -0.2) is 5.78 Å². The predicted octanol–water partition coefficient (Wildman–Crippen LogP) is 2.62. The molecule has 0 aromatic heterocycles. The average Bonchev–Trinajstić information content (AvgIpc) is 2.54. The maximum Gasteiger partial charge on any atom is 0.196 e. The van der Waals surface area contributed by atoms with Gasteiger partial charge in [0, 0.05) is 11.3 Å². The van der Waals surface area contributed by atoms with Crippen LogP contribution < -0.4 is 5.73 Å². The Bertz CT molecular complexity index is 619. The van der Waals surface area contributed by atoms with E-state index in [9.17, 15) is 9.18 Å². The van der Waals surface area contributed by atoms with Crippen LogP contribution >= 0.6 is 0 Å². The molecule has 0 radical (unpaired) electrons. The lowest BCUT2D eigenvalue weighted by Gasteiger charge is -2.01. The molecule has 3 heteroatoms. The van der Waals surface area contributed by atoms with Crippen molar-refractivity contribution < 1.29 is 9.18 Å².